The van der Waals surface area contributed by atoms with Crippen molar-refractivity contribution in [1.29, 1.82) is 0 Å². The lowest BCUT2D eigenvalue weighted by Crippen LogP contribution is -2.30. The summed E-state index contributed by atoms with van der Waals surface area (Å²) in [6.07, 6.45) is 5.30. The van der Waals surface area contributed by atoms with Crippen LogP contribution in [0.2, 0.25) is 0 Å². The summed E-state index contributed by atoms with van der Waals surface area (Å²) in [5.41, 5.74) is 2.73. The molecule has 1 fully saturated rings. The molecule has 1 aliphatic rings. The zero-order chi connectivity index (χ0) is 22.3. The van der Waals surface area contributed by atoms with Gasteiger partial charge in [0.15, 0.2) is 0 Å². The van der Waals surface area contributed by atoms with Crippen LogP contribution in [0, 0.1) is 0 Å². The maximum absolute atomic E-state index is 13.0. The standard InChI is InChI=1S/C25H31N5O2/c1-29(2)21-14-12-20(13-15-21)23(31)26-22(18-19-10-6-5-7-11-19)24-27-28-25(32-24)30-16-8-3-4-9-17-30/h5-7,10-15,22H,3-4,8-9,16-18H2,1-2H3,(H,26,31). The normalized spacial score (nSPS) is 15.1. The Kier molecular flexibility index (Phi) is 7.04. The number of aromatic nitrogens is 2. The monoisotopic (exact) mass is 433 g/mol. The van der Waals surface area contributed by atoms with Gasteiger partial charge in [-0.2, -0.15) is 0 Å². The molecule has 0 aliphatic carbocycles. The van der Waals surface area contributed by atoms with E-state index in [9.17, 15) is 4.79 Å². The van der Waals surface area contributed by atoms with Crippen molar-refractivity contribution in [2.24, 2.45) is 0 Å². The molecule has 0 radical (unpaired) electrons. The molecule has 7 heteroatoms. The van der Waals surface area contributed by atoms with Crippen molar-refractivity contribution < 1.29 is 9.21 Å². The summed E-state index contributed by atoms with van der Waals surface area (Å²) in [5, 5.41) is 11.7. The molecule has 32 heavy (non-hydrogen) atoms. The van der Waals surface area contributed by atoms with Crippen molar-refractivity contribution in [1.82, 2.24) is 15.5 Å². The van der Waals surface area contributed by atoms with E-state index in [0.29, 0.717) is 23.9 Å². The van der Waals surface area contributed by atoms with Crippen LogP contribution in [0.5, 0.6) is 0 Å². The molecule has 2 heterocycles. The van der Waals surface area contributed by atoms with Gasteiger partial charge in [0, 0.05) is 44.9 Å². The summed E-state index contributed by atoms with van der Waals surface area (Å²) < 4.78 is 6.08. The van der Waals surface area contributed by atoms with Crippen LogP contribution in [0.15, 0.2) is 59.0 Å². The fraction of sp³-hybridized carbons (Fsp3) is 0.400. The third-order valence-electron chi connectivity index (χ3n) is 5.84. The molecule has 1 atom stereocenters. The fourth-order valence-corrected chi connectivity index (χ4v) is 3.96. The maximum Gasteiger partial charge on any atom is 0.318 e. The molecule has 1 saturated heterocycles. The molecule has 4 rings (SSSR count). The first kappa shape index (κ1) is 21.9. The SMILES string of the molecule is CN(C)c1ccc(C(=O)NC(Cc2ccccc2)c2nnc(N3CCCCCC3)o2)cc1. The number of hydrogen-bond donors (Lipinski definition) is 1. The smallest absolute Gasteiger partial charge is 0.318 e. The average molecular weight is 434 g/mol. The van der Waals surface area contributed by atoms with Crippen LogP contribution in [0.1, 0.15) is 53.5 Å². The van der Waals surface area contributed by atoms with Gasteiger partial charge in [0.2, 0.25) is 5.89 Å². The fourth-order valence-electron chi connectivity index (χ4n) is 3.96. The lowest BCUT2D eigenvalue weighted by molar-refractivity contribution is 0.0930. The molecule has 168 valence electrons. The lowest BCUT2D eigenvalue weighted by Gasteiger charge is -2.18. The number of carbonyl (C=O) groups is 1. The first-order chi connectivity index (χ1) is 15.6. The van der Waals surface area contributed by atoms with E-state index in [1.54, 1.807) is 0 Å². The Morgan fingerprint density at radius 3 is 2.34 bits per heavy atom. The number of nitrogens with zero attached hydrogens (tertiary/aromatic N) is 4. The Hall–Kier alpha value is -3.35. The number of carbonyl (C=O) groups excluding carboxylic acids is 1. The van der Waals surface area contributed by atoms with E-state index in [1.165, 1.54) is 12.8 Å². The minimum absolute atomic E-state index is 0.161. The molecule has 1 unspecified atom stereocenters. The number of hydrogen-bond acceptors (Lipinski definition) is 6. The summed E-state index contributed by atoms with van der Waals surface area (Å²) >= 11 is 0. The van der Waals surface area contributed by atoms with Crippen LogP contribution in [-0.2, 0) is 6.42 Å². The van der Waals surface area contributed by atoms with Gasteiger partial charge in [-0.05, 0) is 42.7 Å². The van der Waals surface area contributed by atoms with Crippen molar-refractivity contribution in [3.05, 3.63) is 71.6 Å². The van der Waals surface area contributed by atoms with Gasteiger partial charge in [0.25, 0.3) is 5.91 Å². The highest BCUT2D eigenvalue weighted by molar-refractivity contribution is 5.94. The molecule has 0 spiro atoms. The maximum atomic E-state index is 13.0. The topological polar surface area (TPSA) is 74.5 Å². The van der Waals surface area contributed by atoms with Crippen LogP contribution in [-0.4, -0.2) is 43.3 Å². The van der Waals surface area contributed by atoms with Crippen LogP contribution < -0.4 is 15.1 Å². The third-order valence-corrected chi connectivity index (χ3v) is 5.84. The molecule has 0 bridgehead atoms. The molecular formula is C25H31N5O2. The van der Waals surface area contributed by atoms with Crippen molar-refractivity contribution in [2.45, 2.75) is 38.1 Å². The number of benzene rings is 2. The van der Waals surface area contributed by atoms with Gasteiger partial charge in [0.1, 0.15) is 6.04 Å². The zero-order valence-electron chi connectivity index (χ0n) is 18.8. The van der Waals surface area contributed by atoms with E-state index in [2.05, 4.69) is 20.4 Å². The van der Waals surface area contributed by atoms with Gasteiger partial charge in [-0.15, -0.1) is 5.10 Å². The summed E-state index contributed by atoms with van der Waals surface area (Å²) in [7, 11) is 3.95. The molecule has 1 amide bonds. The Morgan fingerprint density at radius 2 is 1.69 bits per heavy atom. The minimum Gasteiger partial charge on any atom is -0.406 e. The van der Waals surface area contributed by atoms with Crippen LogP contribution in [0.3, 0.4) is 0 Å². The molecule has 1 aromatic heterocycles. The summed E-state index contributed by atoms with van der Waals surface area (Å²) in [4.78, 5) is 17.2. The van der Waals surface area contributed by atoms with E-state index in [0.717, 1.165) is 37.2 Å². The van der Waals surface area contributed by atoms with Gasteiger partial charge in [0.05, 0.1) is 0 Å². The Labute approximate surface area is 189 Å². The third kappa shape index (κ3) is 5.46. The predicted octanol–water partition coefficient (Wildman–Crippen LogP) is 4.23. The predicted molar refractivity (Wildman–Crippen MR) is 126 cm³/mol. The van der Waals surface area contributed by atoms with E-state index in [1.807, 2.05) is 73.6 Å². The summed E-state index contributed by atoms with van der Waals surface area (Å²) in [5.74, 6) is 0.275. The van der Waals surface area contributed by atoms with E-state index < -0.39 is 6.04 Å². The van der Waals surface area contributed by atoms with Crippen LogP contribution in [0.4, 0.5) is 11.7 Å². The van der Waals surface area contributed by atoms with Gasteiger partial charge in [-0.25, -0.2) is 0 Å². The second-order valence-electron chi connectivity index (χ2n) is 8.48. The van der Waals surface area contributed by atoms with Gasteiger partial charge in [-0.3, -0.25) is 4.79 Å². The molecule has 7 nitrogen and oxygen atoms in total. The number of anilines is 2. The lowest BCUT2D eigenvalue weighted by atomic mass is 10.1. The highest BCUT2D eigenvalue weighted by Gasteiger charge is 2.24. The molecule has 1 aliphatic heterocycles. The van der Waals surface area contributed by atoms with E-state index in [-0.39, 0.29) is 5.91 Å². The first-order valence-corrected chi connectivity index (χ1v) is 11.3. The molecule has 0 saturated carbocycles. The Balaban J connectivity index is 1.54. The van der Waals surface area contributed by atoms with Gasteiger partial charge >= 0.3 is 6.01 Å². The van der Waals surface area contributed by atoms with E-state index >= 15 is 0 Å². The van der Waals surface area contributed by atoms with Crippen molar-refractivity contribution >= 4 is 17.6 Å². The van der Waals surface area contributed by atoms with Crippen LogP contribution in [0.25, 0.3) is 0 Å². The highest BCUT2D eigenvalue weighted by Crippen LogP contribution is 2.24. The molecule has 3 aromatic rings. The summed E-state index contributed by atoms with van der Waals surface area (Å²) in [6.45, 7) is 1.85. The number of nitrogens with one attached hydrogen (secondary N) is 1. The Morgan fingerprint density at radius 1 is 1.00 bits per heavy atom. The van der Waals surface area contributed by atoms with Crippen molar-refractivity contribution in [3.63, 3.8) is 0 Å². The number of rotatable bonds is 7. The van der Waals surface area contributed by atoms with Crippen molar-refractivity contribution in [2.75, 3.05) is 37.0 Å². The van der Waals surface area contributed by atoms with Crippen molar-refractivity contribution in [3.8, 4) is 0 Å². The zero-order valence-corrected chi connectivity index (χ0v) is 18.8. The quantitative estimate of drug-likeness (QED) is 0.601. The first-order valence-electron chi connectivity index (χ1n) is 11.3. The number of amides is 1. The molecule has 2 aromatic carbocycles. The molecular weight excluding hydrogens is 402 g/mol. The minimum atomic E-state index is -0.411. The second-order valence-corrected chi connectivity index (χ2v) is 8.48. The van der Waals surface area contributed by atoms with Gasteiger partial charge in [-0.1, -0.05) is 48.3 Å². The second kappa shape index (κ2) is 10.3. The summed E-state index contributed by atoms with van der Waals surface area (Å²) in [6, 6.07) is 17.7. The van der Waals surface area contributed by atoms with Crippen LogP contribution >= 0.6 is 0 Å². The highest BCUT2D eigenvalue weighted by atomic mass is 16.4. The largest absolute Gasteiger partial charge is 0.406 e. The molecule has 1 N–H and O–H groups in total. The average Bonchev–Trinajstić information content (AvgIpc) is 3.15. The van der Waals surface area contributed by atoms with E-state index in [4.69, 9.17) is 4.42 Å². The Bertz CT molecular complexity index is 993. The van der Waals surface area contributed by atoms with Gasteiger partial charge < -0.3 is 19.5 Å².